The van der Waals surface area contributed by atoms with Gasteiger partial charge in [0.05, 0.1) is 13.7 Å². The summed E-state index contributed by atoms with van der Waals surface area (Å²) in [6.07, 6.45) is 2.12. The number of halogens is 1. The van der Waals surface area contributed by atoms with Crippen molar-refractivity contribution in [3.63, 3.8) is 0 Å². The van der Waals surface area contributed by atoms with Gasteiger partial charge in [-0.15, -0.1) is 0 Å². The van der Waals surface area contributed by atoms with Gasteiger partial charge < -0.3 is 14.8 Å². The van der Waals surface area contributed by atoms with Crippen LogP contribution in [0.4, 0.5) is 0 Å². The third kappa shape index (κ3) is 6.48. The maximum Gasteiger partial charge on any atom is 0.305 e. The van der Waals surface area contributed by atoms with Crippen molar-refractivity contribution in [2.75, 3.05) is 20.3 Å². The lowest BCUT2D eigenvalue weighted by Gasteiger charge is -2.18. The molecule has 5 heteroatoms. The molecule has 21 heavy (non-hydrogen) atoms. The first-order valence-corrected chi connectivity index (χ1v) is 8.10. The monoisotopic (exact) mass is 357 g/mol. The summed E-state index contributed by atoms with van der Waals surface area (Å²) >= 11 is 3.50. The molecule has 0 amide bonds. The Bertz CT molecular complexity index is 451. The van der Waals surface area contributed by atoms with Gasteiger partial charge >= 0.3 is 5.97 Å². The van der Waals surface area contributed by atoms with Crippen molar-refractivity contribution in [3.05, 3.63) is 28.2 Å². The smallest absolute Gasteiger partial charge is 0.305 e. The molecule has 1 aromatic carbocycles. The predicted octanol–water partition coefficient (Wildman–Crippen LogP) is 3.84. The van der Waals surface area contributed by atoms with Crippen molar-refractivity contribution in [2.45, 2.75) is 39.2 Å². The van der Waals surface area contributed by atoms with Crippen LogP contribution in [-0.2, 0) is 9.53 Å². The molecule has 118 valence electrons. The minimum absolute atomic E-state index is 0.201. The number of benzene rings is 1. The Morgan fingerprint density at radius 2 is 2.19 bits per heavy atom. The van der Waals surface area contributed by atoms with E-state index in [1.807, 2.05) is 12.1 Å². The summed E-state index contributed by atoms with van der Waals surface area (Å²) in [5, 5.41) is 3.46. The molecule has 0 aromatic heterocycles. The molecule has 1 rings (SSSR count). The second-order valence-electron chi connectivity index (χ2n) is 4.89. The lowest BCUT2D eigenvalue weighted by Crippen LogP contribution is -2.20. The summed E-state index contributed by atoms with van der Waals surface area (Å²) in [6.45, 7) is 5.74. The van der Waals surface area contributed by atoms with Crippen molar-refractivity contribution >= 4 is 21.9 Å². The topological polar surface area (TPSA) is 47.6 Å². The first-order chi connectivity index (χ1) is 10.1. The molecule has 1 atom stereocenters. The van der Waals surface area contributed by atoms with Gasteiger partial charge in [0.25, 0.3) is 0 Å². The van der Waals surface area contributed by atoms with Gasteiger partial charge in [0.15, 0.2) is 0 Å². The van der Waals surface area contributed by atoms with Crippen LogP contribution in [-0.4, -0.2) is 26.2 Å². The van der Waals surface area contributed by atoms with Crippen molar-refractivity contribution in [1.29, 1.82) is 0 Å². The minimum Gasteiger partial charge on any atom is -0.493 e. The third-order valence-electron chi connectivity index (χ3n) is 3.15. The number of ether oxygens (including phenoxy) is 2. The number of rotatable bonds is 9. The number of nitrogens with one attached hydrogen (secondary N) is 1. The van der Waals surface area contributed by atoms with Gasteiger partial charge in [-0.1, -0.05) is 22.9 Å². The highest BCUT2D eigenvalue weighted by Gasteiger charge is 2.12. The Hall–Kier alpha value is -1.07. The van der Waals surface area contributed by atoms with Gasteiger partial charge in [0, 0.05) is 22.5 Å². The molecular formula is C16H24BrNO3. The van der Waals surface area contributed by atoms with E-state index in [2.05, 4.69) is 45.9 Å². The SMILES string of the molecule is CCCNC(C)c1cc(Br)ccc1OCCCC(=O)OC. The predicted molar refractivity (Wildman–Crippen MR) is 87.6 cm³/mol. The van der Waals surface area contributed by atoms with Crippen LogP contribution in [0.3, 0.4) is 0 Å². The van der Waals surface area contributed by atoms with Crippen LogP contribution < -0.4 is 10.1 Å². The van der Waals surface area contributed by atoms with E-state index in [4.69, 9.17) is 4.74 Å². The molecule has 0 bridgehead atoms. The summed E-state index contributed by atoms with van der Waals surface area (Å²) in [7, 11) is 1.40. The third-order valence-corrected chi connectivity index (χ3v) is 3.64. The molecular weight excluding hydrogens is 334 g/mol. The van der Waals surface area contributed by atoms with E-state index < -0.39 is 0 Å². The maximum absolute atomic E-state index is 11.1. The van der Waals surface area contributed by atoms with E-state index in [-0.39, 0.29) is 12.0 Å². The average molecular weight is 358 g/mol. The Morgan fingerprint density at radius 1 is 1.43 bits per heavy atom. The Labute approximate surface area is 135 Å². The number of carbonyl (C=O) groups excluding carboxylic acids is 1. The standard InChI is InChI=1S/C16H24BrNO3/c1-4-9-18-12(2)14-11-13(17)7-8-15(14)21-10-5-6-16(19)20-3/h7-8,11-12,18H,4-6,9-10H2,1-3H3. The van der Waals surface area contributed by atoms with Gasteiger partial charge in [-0.25, -0.2) is 0 Å². The molecule has 0 saturated heterocycles. The fourth-order valence-electron chi connectivity index (χ4n) is 1.96. The number of hydrogen-bond donors (Lipinski definition) is 1. The van der Waals surface area contributed by atoms with Crippen LogP contribution >= 0.6 is 15.9 Å². The number of methoxy groups -OCH3 is 1. The number of carbonyl (C=O) groups is 1. The zero-order valence-corrected chi connectivity index (χ0v) is 14.5. The van der Waals surface area contributed by atoms with Gasteiger partial charge in [-0.2, -0.15) is 0 Å². The van der Waals surface area contributed by atoms with E-state index >= 15 is 0 Å². The molecule has 0 spiro atoms. The highest BCUT2D eigenvalue weighted by Crippen LogP contribution is 2.28. The summed E-state index contributed by atoms with van der Waals surface area (Å²) in [4.78, 5) is 11.1. The molecule has 0 aliphatic rings. The maximum atomic E-state index is 11.1. The largest absolute Gasteiger partial charge is 0.493 e. The summed E-state index contributed by atoms with van der Waals surface area (Å²) in [5.41, 5.74) is 1.12. The molecule has 1 unspecified atom stereocenters. The molecule has 0 aliphatic heterocycles. The van der Waals surface area contributed by atoms with Crippen LogP contribution in [0.25, 0.3) is 0 Å². The fourth-order valence-corrected chi connectivity index (χ4v) is 2.34. The quantitative estimate of drug-likeness (QED) is 0.538. The van der Waals surface area contributed by atoms with Crippen LogP contribution in [0.15, 0.2) is 22.7 Å². The highest BCUT2D eigenvalue weighted by atomic mass is 79.9. The lowest BCUT2D eigenvalue weighted by atomic mass is 10.1. The van der Waals surface area contributed by atoms with Gasteiger partial charge in [0.1, 0.15) is 5.75 Å². The normalized spacial score (nSPS) is 12.0. The molecule has 0 saturated carbocycles. The summed E-state index contributed by atoms with van der Waals surface area (Å²) < 4.78 is 11.5. The van der Waals surface area contributed by atoms with E-state index in [0.717, 1.165) is 28.8 Å². The van der Waals surface area contributed by atoms with E-state index in [1.54, 1.807) is 0 Å². The van der Waals surface area contributed by atoms with Crippen LogP contribution in [0.2, 0.25) is 0 Å². The molecule has 1 aromatic rings. The minimum atomic E-state index is -0.201. The van der Waals surface area contributed by atoms with Crippen LogP contribution in [0.5, 0.6) is 5.75 Å². The molecule has 0 fully saturated rings. The van der Waals surface area contributed by atoms with Gasteiger partial charge in [-0.3, -0.25) is 4.79 Å². The first-order valence-electron chi connectivity index (χ1n) is 7.31. The molecule has 4 nitrogen and oxygen atoms in total. The second-order valence-corrected chi connectivity index (χ2v) is 5.80. The van der Waals surface area contributed by atoms with Crippen LogP contribution in [0.1, 0.15) is 44.7 Å². The molecule has 0 heterocycles. The Balaban J connectivity index is 2.61. The zero-order valence-electron chi connectivity index (χ0n) is 12.9. The number of hydrogen-bond acceptors (Lipinski definition) is 4. The zero-order chi connectivity index (χ0) is 15.7. The van der Waals surface area contributed by atoms with Crippen molar-refractivity contribution in [2.24, 2.45) is 0 Å². The lowest BCUT2D eigenvalue weighted by molar-refractivity contribution is -0.140. The molecule has 0 aliphatic carbocycles. The number of esters is 1. The molecule has 0 radical (unpaired) electrons. The summed E-state index contributed by atoms with van der Waals surface area (Å²) in [5.74, 6) is 0.659. The highest BCUT2D eigenvalue weighted by molar-refractivity contribution is 9.10. The van der Waals surface area contributed by atoms with Crippen LogP contribution in [0, 0.1) is 0 Å². The fraction of sp³-hybridized carbons (Fsp3) is 0.562. The van der Waals surface area contributed by atoms with Crippen molar-refractivity contribution in [1.82, 2.24) is 5.32 Å². The Morgan fingerprint density at radius 3 is 2.86 bits per heavy atom. The van der Waals surface area contributed by atoms with Gasteiger partial charge in [-0.05, 0) is 44.5 Å². The van der Waals surface area contributed by atoms with Crippen molar-refractivity contribution < 1.29 is 14.3 Å². The average Bonchev–Trinajstić information content (AvgIpc) is 2.49. The first kappa shape index (κ1) is 18.0. The van der Waals surface area contributed by atoms with E-state index in [9.17, 15) is 4.79 Å². The van der Waals surface area contributed by atoms with E-state index in [0.29, 0.717) is 19.4 Å². The molecule has 1 N–H and O–H groups in total. The second kappa shape index (κ2) is 9.79. The summed E-state index contributed by atoms with van der Waals surface area (Å²) in [6, 6.07) is 6.22. The van der Waals surface area contributed by atoms with Crippen molar-refractivity contribution in [3.8, 4) is 5.75 Å². The van der Waals surface area contributed by atoms with Gasteiger partial charge in [0.2, 0.25) is 0 Å². The Kier molecular flexibility index (Phi) is 8.38. The van der Waals surface area contributed by atoms with E-state index in [1.165, 1.54) is 7.11 Å².